The first-order valence-electron chi connectivity index (χ1n) is 5.66. The van der Waals surface area contributed by atoms with Crippen LogP contribution >= 0.6 is 0 Å². The maximum Gasteiger partial charge on any atom is 0.328 e. The third kappa shape index (κ3) is 6.76. The molecule has 1 atom stereocenters. The van der Waals surface area contributed by atoms with Crippen LogP contribution in [-0.4, -0.2) is 44.5 Å². The Kier molecular flexibility index (Phi) is 8.15. The van der Waals surface area contributed by atoms with Crippen molar-refractivity contribution < 1.29 is 19.0 Å². The zero-order valence-corrected chi connectivity index (χ0v) is 10.5. The van der Waals surface area contributed by atoms with Crippen molar-refractivity contribution in [3.8, 4) is 0 Å². The molecule has 0 rings (SSSR count). The van der Waals surface area contributed by atoms with E-state index >= 15 is 0 Å². The van der Waals surface area contributed by atoms with Crippen LogP contribution in [0.5, 0.6) is 0 Å². The maximum absolute atomic E-state index is 11.4. The zero-order chi connectivity index (χ0) is 12.4. The van der Waals surface area contributed by atoms with Crippen LogP contribution in [0.3, 0.4) is 0 Å². The van der Waals surface area contributed by atoms with E-state index in [1.165, 1.54) is 0 Å². The van der Waals surface area contributed by atoms with Gasteiger partial charge in [0.2, 0.25) is 0 Å². The highest BCUT2D eigenvalue weighted by Gasteiger charge is 2.30. The van der Waals surface area contributed by atoms with E-state index in [9.17, 15) is 4.79 Å². The summed E-state index contributed by atoms with van der Waals surface area (Å²) in [6.45, 7) is 7.52. The number of ether oxygens (including phenoxy) is 3. The second kappa shape index (κ2) is 8.50. The summed E-state index contributed by atoms with van der Waals surface area (Å²) >= 11 is 0. The van der Waals surface area contributed by atoms with Crippen LogP contribution in [-0.2, 0) is 19.0 Å². The van der Waals surface area contributed by atoms with Crippen molar-refractivity contribution in [3.05, 3.63) is 0 Å². The predicted molar refractivity (Wildman–Crippen MR) is 61.2 cm³/mol. The van der Waals surface area contributed by atoms with Gasteiger partial charge in [0.05, 0.1) is 26.4 Å². The highest BCUT2D eigenvalue weighted by molar-refractivity contribution is 5.80. The molecule has 0 bridgehead atoms. The Morgan fingerprint density at radius 3 is 2.38 bits per heavy atom. The van der Waals surface area contributed by atoms with Gasteiger partial charge in [-0.1, -0.05) is 6.92 Å². The van der Waals surface area contributed by atoms with Crippen molar-refractivity contribution >= 4 is 5.97 Å². The molecule has 0 spiro atoms. The highest BCUT2D eigenvalue weighted by atomic mass is 16.5. The van der Waals surface area contributed by atoms with E-state index in [2.05, 4.69) is 0 Å². The number of rotatable bonds is 9. The lowest BCUT2D eigenvalue weighted by Gasteiger charge is -2.21. The van der Waals surface area contributed by atoms with E-state index in [0.29, 0.717) is 19.8 Å². The Balaban J connectivity index is 3.61. The summed E-state index contributed by atoms with van der Waals surface area (Å²) in [5.74, 6) is -0.440. The minimum Gasteiger partial charge on any atom is -0.465 e. The molecule has 0 radical (unpaired) electrons. The molecule has 16 heavy (non-hydrogen) atoms. The van der Waals surface area contributed by atoms with E-state index in [1.807, 2.05) is 6.92 Å². The molecule has 0 aliphatic carbocycles. The second-order valence-electron chi connectivity index (χ2n) is 3.80. The van der Waals surface area contributed by atoms with Gasteiger partial charge in [0.1, 0.15) is 5.54 Å². The summed E-state index contributed by atoms with van der Waals surface area (Å²) in [6.07, 6.45) is 0.984. The van der Waals surface area contributed by atoms with E-state index < -0.39 is 11.5 Å². The molecule has 0 aromatic heterocycles. The third-order valence-electron chi connectivity index (χ3n) is 1.86. The first-order chi connectivity index (χ1) is 7.54. The van der Waals surface area contributed by atoms with Gasteiger partial charge < -0.3 is 19.9 Å². The molecule has 0 aliphatic rings. The number of hydrogen-bond acceptors (Lipinski definition) is 5. The van der Waals surface area contributed by atoms with Crippen LogP contribution < -0.4 is 5.73 Å². The number of carbonyl (C=O) groups is 1. The Hall–Kier alpha value is -0.650. The molecule has 5 nitrogen and oxygen atoms in total. The molecule has 0 aromatic carbocycles. The van der Waals surface area contributed by atoms with Crippen molar-refractivity contribution in [1.82, 2.24) is 0 Å². The highest BCUT2D eigenvalue weighted by Crippen LogP contribution is 2.03. The van der Waals surface area contributed by atoms with E-state index in [-0.39, 0.29) is 6.61 Å². The van der Waals surface area contributed by atoms with Crippen LogP contribution in [0.1, 0.15) is 27.2 Å². The molecule has 0 amide bonds. The monoisotopic (exact) mass is 233 g/mol. The van der Waals surface area contributed by atoms with Gasteiger partial charge in [-0.25, -0.2) is 4.79 Å². The van der Waals surface area contributed by atoms with Gasteiger partial charge >= 0.3 is 5.97 Å². The first-order valence-corrected chi connectivity index (χ1v) is 5.66. The lowest BCUT2D eigenvalue weighted by Crippen LogP contribution is -2.50. The van der Waals surface area contributed by atoms with Gasteiger partial charge in [0, 0.05) is 6.61 Å². The van der Waals surface area contributed by atoms with Crippen LogP contribution in [0.15, 0.2) is 0 Å². The van der Waals surface area contributed by atoms with Crippen LogP contribution in [0.25, 0.3) is 0 Å². The largest absolute Gasteiger partial charge is 0.465 e. The van der Waals surface area contributed by atoms with Crippen molar-refractivity contribution in [1.29, 1.82) is 0 Å². The van der Waals surface area contributed by atoms with Crippen LogP contribution in [0.4, 0.5) is 0 Å². The van der Waals surface area contributed by atoms with E-state index in [1.54, 1.807) is 13.8 Å². The molecule has 0 fully saturated rings. The van der Waals surface area contributed by atoms with E-state index in [4.69, 9.17) is 19.9 Å². The number of carbonyl (C=O) groups excluding carboxylic acids is 1. The van der Waals surface area contributed by atoms with E-state index in [0.717, 1.165) is 13.0 Å². The fraction of sp³-hybridized carbons (Fsp3) is 0.909. The molecule has 0 heterocycles. The molecule has 5 heteroatoms. The van der Waals surface area contributed by atoms with Crippen LogP contribution in [0.2, 0.25) is 0 Å². The SMILES string of the molecule is CCCOCCOCC(C)(N)C(=O)OCC. The van der Waals surface area contributed by atoms with Gasteiger partial charge in [-0.2, -0.15) is 0 Å². The van der Waals surface area contributed by atoms with Gasteiger partial charge in [0.15, 0.2) is 0 Å². The normalized spacial score (nSPS) is 14.5. The van der Waals surface area contributed by atoms with Gasteiger partial charge in [-0.15, -0.1) is 0 Å². The predicted octanol–water partition coefficient (Wildman–Crippen LogP) is 0.710. The summed E-state index contributed by atoms with van der Waals surface area (Å²) in [5, 5.41) is 0. The minimum absolute atomic E-state index is 0.140. The Bertz CT molecular complexity index is 194. The molecular weight excluding hydrogens is 210 g/mol. The average molecular weight is 233 g/mol. The maximum atomic E-state index is 11.4. The lowest BCUT2D eigenvalue weighted by molar-refractivity contribution is -0.151. The molecule has 0 saturated carbocycles. The van der Waals surface area contributed by atoms with Crippen molar-refractivity contribution in [2.75, 3.05) is 33.0 Å². The summed E-state index contributed by atoms with van der Waals surface area (Å²) < 4.78 is 15.3. The molecule has 0 aromatic rings. The minimum atomic E-state index is -1.08. The second-order valence-corrected chi connectivity index (χ2v) is 3.80. The summed E-state index contributed by atoms with van der Waals surface area (Å²) in [7, 11) is 0. The number of esters is 1. The number of hydrogen-bond donors (Lipinski definition) is 1. The zero-order valence-electron chi connectivity index (χ0n) is 10.5. The Morgan fingerprint density at radius 1 is 1.19 bits per heavy atom. The molecule has 2 N–H and O–H groups in total. The lowest BCUT2D eigenvalue weighted by atomic mass is 10.1. The first kappa shape index (κ1) is 15.3. The van der Waals surface area contributed by atoms with Crippen molar-refractivity contribution in [3.63, 3.8) is 0 Å². The quantitative estimate of drug-likeness (QED) is 0.469. The topological polar surface area (TPSA) is 70.8 Å². The van der Waals surface area contributed by atoms with Gasteiger partial charge in [-0.3, -0.25) is 0 Å². The number of nitrogens with two attached hydrogens (primary N) is 1. The van der Waals surface area contributed by atoms with Crippen molar-refractivity contribution in [2.45, 2.75) is 32.7 Å². The fourth-order valence-corrected chi connectivity index (χ4v) is 1.00. The van der Waals surface area contributed by atoms with Crippen LogP contribution in [0, 0.1) is 0 Å². The third-order valence-corrected chi connectivity index (χ3v) is 1.86. The standard InChI is InChI=1S/C11H23NO4/c1-4-6-14-7-8-15-9-11(3,12)10(13)16-5-2/h4-9,12H2,1-3H3. The Labute approximate surface area is 97.2 Å². The Morgan fingerprint density at radius 2 is 1.81 bits per heavy atom. The smallest absolute Gasteiger partial charge is 0.328 e. The van der Waals surface area contributed by atoms with Gasteiger partial charge in [0.25, 0.3) is 0 Å². The molecule has 0 aliphatic heterocycles. The van der Waals surface area contributed by atoms with Gasteiger partial charge in [-0.05, 0) is 20.3 Å². The molecule has 96 valence electrons. The average Bonchev–Trinajstić information content (AvgIpc) is 2.23. The molecule has 1 unspecified atom stereocenters. The summed E-state index contributed by atoms with van der Waals surface area (Å²) in [5.41, 5.74) is 4.66. The summed E-state index contributed by atoms with van der Waals surface area (Å²) in [4.78, 5) is 11.4. The molecule has 0 saturated heterocycles. The molecular formula is C11H23NO4. The fourth-order valence-electron chi connectivity index (χ4n) is 1.00. The summed E-state index contributed by atoms with van der Waals surface area (Å²) in [6, 6.07) is 0. The van der Waals surface area contributed by atoms with Crippen molar-refractivity contribution in [2.24, 2.45) is 5.73 Å².